The van der Waals surface area contributed by atoms with Crippen molar-refractivity contribution in [2.24, 2.45) is 0 Å². The predicted octanol–water partition coefficient (Wildman–Crippen LogP) is 8.65. The number of hydrogen-bond donors (Lipinski definition) is 0. The maximum absolute atomic E-state index is 12.4. The summed E-state index contributed by atoms with van der Waals surface area (Å²) in [5.41, 5.74) is 2.86. The minimum atomic E-state index is -1.03. The van der Waals surface area contributed by atoms with Gasteiger partial charge in [0.25, 0.3) is 0 Å². The van der Waals surface area contributed by atoms with E-state index in [9.17, 15) is 9.59 Å². The molecule has 0 saturated heterocycles. The van der Waals surface area contributed by atoms with Crippen molar-refractivity contribution in [1.82, 2.24) is 5.06 Å². The third-order valence-corrected chi connectivity index (χ3v) is 7.24. The number of carbonyl (C=O) groups excluding carboxylic acids is 2. The van der Waals surface area contributed by atoms with E-state index in [-0.39, 0.29) is 6.42 Å². The topological polar surface area (TPSA) is 65.1 Å². The molecule has 0 radical (unpaired) electrons. The van der Waals surface area contributed by atoms with E-state index in [4.69, 9.17) is 37.8 Å². The molecule has 2 aromatic carbocycles. The summed E-state index contributed by atoms with van der Waals surface area (Å²) in [5, 5.41) is 2.48. The lowest BCUT2D eigenvalue weighted by molar-refractivity contribution is -0.404. The van der Waals surface area contributed by atoms with Crippen LogP contribution in [0.25, 0.3) is 0 Å². The molecule has 0 heterocycles. The van der Waals surface area contributed by atoms with Gasteiger partial charge in [-0.15, -0.1) is 5.06 Å². The molecule has 0 aromatic heterocycles. The van der Waals surface area contributed by atoms with E-state index in [2.05, 4.69) is 18.8 Å². The monoisotopic (exact) mass is 603 g/mol. The second kappa shape index (κ2) is 20.3. The van der Waals surface area contributed by atoms with E-state index in [0.717, 1.165) is 29.5 Å². The predicted molar refractivity (Wildman–Crippen MR) is 164 cm³/mol. The zero-order chi connectivity index (χ0) is 29.9. The first-order valence-corrected chi connectivity index (χ1v) is 15.4. The molecule has 0 aliphatic heterocycles. The number of unbranched alkanes of at least 4 members (excludes halogenated alkanes) is 8. The van der Waals surface area contributed by atoms with Crippen molar-refractivity contribution in [3.63, 3.8) is 0 Å². The third kappa shape index (κ3) is 14.8. The Labute approximate surface area is 255 Å². The minimum Gasteiger partial charge on any atom is -0.450 e. The SMILES string of the molecule is CCCCCCCCCCC#Cc1ccc(CN(CCc2ccc(Cl)c(Cl)c2)OOC(=O)C(CC)OC(C)=O)cc1. The Bertz CT molecular complexity index is 1130. The molecular formula is C33H43Cl2NO5. The average molecular weight is 605 g/mol. The van der Waals surface area contributed by atoms with Gasteiger partial charge in [-0.1, -0.05) is 117 Å². The van der Waals surface area contributed by atoms with Crippen molar-refractivity contribution in [1.29, 1.82) is 0 Å². The molecule has 8 heteroatoms. The van der Waals surface area contributed by atoms with E-state index >= 15 is 0 Å². The smallest absolute Gasteiger partial charge is 0.384 e. The van der Waals surface area contributed by atoms with Gasteiger partial charge in [-0.2, -0.15) is 0 Å². The fourth-order valence-electron chi connectivity index (χ4n) is 4.14. The molecule has 0 fully saturated rings. The molecule has 0 aliphatic rings. The maximum atomic E-state index is 12.4. The highest BCUT2D eigenvalue weighted by molar-refractivity contribution is 6.42. The van der Waals surface area contributed by atoms with Crippen molar-refractivity contribution in [3.8, 4) is 11.8 Å². The number of rotatable bonds is 18. The molecule has 2 aromatic rings. The van der Waals surface area contributed by atoms with Gasteiger partial charge in [0.2, 0.25) is 6.10 Å². The standard InChI is InChI=1S/C33H43Cl2NO5/c1-4-6-7-8-9-10-11-12-13-14-15-27-16-18-29(19-17-27)25-36(23-22-28-20-21-30(34)31(35)24-28)41-40-33(38)32(5-2)39-26(3)37/h16-21,24,32H,4-13,22-23,25H2,1-3H3. The number of hydrogen-bond acceptors (Lipinski definition) is 6. The van der Waals surface area contributed by atoms with Crippen LogP contribution in [0.5, 0.6) is 0 Å². The van der Waals surface area contributed by atoms with Gasteiger partial charge in [0, 0.05) is 25.5 Å². The van der Waals surface area contributed by atoms with E-state index < -0.39 is 18.0 Å². The lowest BCUT2D eigenvalue weighted by Crippen LogP contribution is -2.32. The van der Waals surface area contributed by atoms with Crippen LogP contribution in [0.3, 0.4) is 0 Å². The molecule has 0 saturated carbocycles. The highest BCUT2D eigenvalue weighted by atomic mass is 35.5. The number of carbonyl (C=O) groups is 2. The molecule has 41 heavy (non-hydrogen) atoms. The van der Waals surface area contributed by atoms with Crippen molar-refractivity contribution >= 4 is 35.1 Å². The number of halogens is 2. The van der Waals surface area contributed by atoms with Crippen LogP contribution in [0.2, 0.25) is 10.0 Å². The first kappa shape index (κ1) is 34.6. The normalized spacial score (nSPS) is 11.6. The fourth-order valence-corrected chi connectivity index (χ4v) is 4.46. The highest BCUT2D eigenvalue weighted by Crippen LogP contribution is 2.23. The zero-order valence-electron chi connectivity index (χ0n) is 24.6. The molecule has 224 valence electrons. The van der Waals surface area contributed by atoms with Gasteiger partial charge in [-0.05, 0) is 54.7 Å². The van der Waals surface area contributed by atoms with E-state index in [0.29, 0.717) is 29.6 Å². The average Bonchev–Trinajstić information content (AvgIpc) is 2.96. The molecule has 0 spiro atoms. The molecule has 1 unspecified atom stereocenters. The second-order valence-electron chi connectivity index (χ2n) is 10.1. The number of benzene rings is 2. The molecule has 0 N–H and O–H groups in total. The van der Waals surface area contributed by atoms with Gasteiger partial charge in [0.15, 0.2) is 0 Å². The van der Waals surface area contributed by atoms with Gasteiger partial charge in [-0.25, -0.2) is 4.79 Å². The summed E-state index contributed by atoms with van der Waals surface area (Å²) < 4.78 is 5.00. The van der Waals surface area contributed by atoms with E-state index in [1.165, 1.54) is 56.9 Å². The minimum absolute atomic E-state index is 0.270. The van der Waals surface area contributed by atoms with Crippen molar-refractivity contribution in [2.75, 3.05) is 6.54 Å². The lowest BCUT2D eigenvalue weighted by atomic mass is 10.1. The van der Waals surface area contributed by atoms with Gasteiger partial charge in [-0.3, -0.25) is 9.68 Å². The lowest BCUT2D eigenvalue weighted by Gasteiger charge is -2.21. The van der Waals surface area contributed by atoms with Crippen molar-refractivity contribution in [3.05, 3.63) is 69.2 Å². The number of hydroxylamine groups is 2. The fraction of sp³-hybridized carbons (Fsp3) is 0.515. The third-order valence-electron chi connectivity index (χ3n) is 6.50. The molecular weight excluding hydrogens is 561 g/mol. The van der Waals surface area contributed by atoms with Crippen molar-refractivity contribution in [2.45, 2.75) is 104 Å². The first-order chi connectivity index (χ1) is 19.8. The van der Waals surface area contributed by atoms with Crippen LogP contribution in [0.15, 0.2) is 42.5 Å². The first-order valence-electron chi connectivity index (χ1n) is 14.6. The van der Waals surface area contributed by atoms with Crippen LogP contribution in [-0.2, 0) is 37.2 Å². The number of esters is 1. The van der Waals surface area contributed by atoms with Crippen LogP contribution in [0.1, 0.15) is 102 Å². The summed E-state index contributed by atoms with van der Waals surface area (Å²) in [6.45, 7) is 5.96. The summed E-state index contributed by atoms with van der Waals surface area (Å²) in [4.78, 5) is 34.2. The van der Waals surface area contributed by atoms with Gasteiger partial charge in [0.1, 0.15) is 0 Å². The summed E-state index contributed by atoms with van der Waals surface area (Å²) >= 11 is 12.2. The Morgan fingerprint density at radius 3 is 2.17 bits per heavy atom. The highest BCUT2D eigenvalue weighted by Gasteiger charge is 2.24. The second-order valence-corrected chi connectivity index (χ2v) is 10.9. The molecule has 0 aliphatic carbocycles. The molecule has 6 nitrogen and oxygen atoms in total. The largest absolute Gasteiger partial charge is 0.450 e. The van der Waals surface area contributed by atoms with Gasteiger partial charge >= 0.3 is 11.9 Å². The molecule has 2 rings (SSSR count). The van der Waals surface area contributed by atoms with Crippen LogP contribution in [0, 0.1) is 11.8 Å². The number of nitrogens with zero attached hydrogens (tertiary/aromatic N) is 1. The summed E-state index contributed by atoms with van der Waals surface area (Å²) in [6, 6.07) is 13.3. The van der Waals surface area contributed by atoms with Crippen LogP contribution in [0.4, 0.5) is 0 Å². The summed E-state index contributed by atoms with van der Waals surface area (Å²) in [6.07, 6.45) is 11.0. The molecule has 0 bridgehead atoms. The van der Waals surface area contributed by atoms with Crippen LogP contribution < -0.4 is 0 Å². The Balaban J connectivity index is 1.92. The Morgan fingerprint density at radius 2 is 1.54 bits per heavy atom. The van der Waals surface area contributed by atoms with Crippen LogP contribution in [-0.4, -0.2) is 29.7 Å². The summed E-state index contributed by atoms with van der Waals surface area (Å²) in [7, 11) is 0. The zero-order valence-corrected chi connectivity index (χ0v) is 26.1. The molecule has 1 atom stereocenters. The number of ether oxygens (including phenoxy) is 1. The van der Waals surface area contributed by atoms with Crippen LogP contribution >= 0.6 is 23.2 Å². The molecule has 0 amide bonds. The van der Waals surface area contributed by atoms with E-state index in [1.54, 1.807) is 19.1 Å². The quantitative estimate of drug-likeness (QED) is 0.0558. The van der Waals surface area contributed by atoms with Gasteiger partial charge in [0.05, 0.1) is 16.6 Å². The summed E-state index contributed by atoms with van der Waals surface area (Å²) in [5.74, 6) is 5.19. The Kier molecular flexibility index (Phi) is 17.2. The van der Waals surface area contributed by atoms with Gasteiger partial charge < -0.3 is 4.74 Å². The maximum Gasteiger partial charge on any atom is 0.384 e. The van der Waals surface area contributed by atoms with Crippen molar-refractivity contribution < 1.29 is 24.2 Å². The Hall–Kier alpha value is -2.56. The Morgan fingerprint density at radius 1 is 0.878 bits per heavy atom. The van der Waals surface area contributed by atoms with E-state index in [1.807, 2.05) is 30.3 Å².